The topological polar surface area (TPSA) is 75.7 Å². The maximum absolute atomic E-state index is 12.8. The third kappa shape index (κ3) is 5.97. The van der Waals surface area contributed by atoms with Gasteiger partial charge in [-0.1, -0.05) is 23.7 Å². The lowest BCUT2D eigenvalue weighted by molar-refractivity contribution is -0.116. The summed E-state index contributed by atoms with van der Waals surface area (Å²) in [5, 5.41) is 2.93. The standard InChI is InChI=1S/C22H27ClN2O4S/c1-17-7-6-8-19(15-17)29-14-5-2-9-22(26)24-18-10-11-20(23)21(16-18)30(27,28)25-12-3-4-13-25/h6-8,10-11,15-16H,2-5,9,12-14H2,1H3,(H,24,26). The van der Waals surface area contributed by atoms with E-state index in [0.29, 0.717) is 38.2 Å². The summed E-state index contributed by atoms with van der Waals surface area (Å²) in [5.41, 5.74) is 1.57. The number of sulfonamides is 1. The summed E-state index contributed by atoms with van der Waals surface area (Å²) in [7, 11) is -3.65. The van der Waals surface area contributed by atoms with Gasteiger partial charge in [-0.15, -0.1) is 0 Å². The molecule has 6 nitrogen and oxygen atoms in total. The molecule has 0 spiro atoms. The van der Waals surface area contributed by atoms with Gasteiger partial charge in [-0.2, -0.15) is 4.31 Å². The van der Waals surface area contributed by atoms with Crippen molar-refractivity contribution in [1.29, 1.82) is 0 Å². The second-order valence-electron chi connectivity index (χ2n) is 7.43. The van der Waals surface area contributed by atoms with Crippen LogP contribution in [0.1, 0.15) is 37.7 Å². The number of rotatable bonds is 9. The summed E-state index contributed by atoms with van der Waals surface area (Å²) in [4.78, 5) is 12.3. The molecule has 1 fully saturated rings. The third-order valence-electron chi connectivity index (χ3n) is 4.95. The van der Waals surface area contributed by atoms with Crippen LogP contribution in [0.2, 0.25) is 5.02 Å². The number of carbonyl (C=O) groups is 1. The Labute approximate surface area is 183 Å². The first kappa shape index (κ1) is 22.6. The largest absolute Gasteiger partial charge is 0.494 e. The maximum atomic E-state index is 12.8. The maximum Gasteiger partial charge on any atom is 0.244 e. The lowest BCUT2D eigenvalue weighted by Crippen LogP contribution is -2.28. The van der Waals surface area contributed by atoms with Gasteiger partial charge in [0.2, 0.25) is 15.9 Å². The van der Waals surface area contributed by atoms with Crippen molar-refractivity contribution < 1.29 is 17.9 Å². The molecule has 1 N–H and O–H groups in total. The number of nitrogens with zero attached hydrogens (tertiary/aromatic N) is 1. The fraction of sp³-hybridized carbons (Fsp3) is 0.409. The zero-order valence-electron chi connectivity index (χ0n) is 17.1. The number of hydrogen-bond acceptors (Lipinski definition) is 4. The molecular formula is C22H27ClN2O4S. The number of amides is 1. The average Bonchev–Trinajstić information content (AvgIpc) is 3.25. The van der Waals surface area contributed by atoms with E-state index in [0.717, 1.165) is 30.6 Å². The van der Waals surface area contributed by atoms with Gasteiger partial charge >= 0.3 is 0 Å². The van der Waals surface area contributed by atoms with Crippen LogP contribution in [0, 0.1) is 6.92 Å². The second kappa shape index (κ2) is 10.3. The van der Waals surface area contributed by atoms with Gasteiger partial charge in [0.15, 0.2) is 0 Å². The Hall–Kier alpha value is -2.09. The van der Waals surface area contributed by atoms with Crippen molar-refractivity contribution in [2.75, 3.05) is 25.0 Å². The normalized spacial score (nSPS) is 14.6. The summed E-state index contributed by atoms with van der Waals surface area (Å²) in [6.07, 6.45) is 3.44. The summed E-state index contributed by atoms with van der Waals surface area (Å²) in [6, 6.07) is 12.4. The monoisotopic (exact) mass is 450 g/mol. The van der Waals surface area contributed by atoms with Crippen LogP contribution in [-0.2, 0) is 14.8 Å². The van der Waals surface area contributed by atoms with Gasteiger partial charge in [-0.05, 0) is 68.5 Å². The first-order valence-corrected chi connectivity index (χ1v) is 12.0. The van der Waals surface area contributed by atoms with Gasteiger partial charge in [0, 0.05) is 25.2 Å². The number of hydrogen-bond donors (Lipinski definition) is 1. The molecule has 2 aromatic rings. The van der Waals surface area contributed by atoms with Crippen LogP contribution in [0.3, 0.4) is 0 Å². The van der Waals surface area contributed by atoms with E-state index in [9.17, 15) is 13.2 Å². The van der Waals surface area contributed by atoms with Crippen molar-refractivity contribution >= 4 is 33.2 Å². The van der Waals surface area contributed by atoms with Gasteiger partial charge in [-0.25, -0.2) is 8.42 Å². The van der Waals surface area contributed by atoms with E-state index in [1.165, 1.54) is 16.4 Å². The molecule has 1 amide bonds. The predicted octanol–water partition coefficient (Wildman–Crippen LogP) is 4.62. The number of nitrogens with one attached hydrogen (secondary N) is 1. The molecule has 0 aromatic heterocycles. The van der Waals surface area contributed by atoms with E-state index < -0.39 is 10.0 Å². The second-order valence-corrected chi connectivity index (χ2v) is 9.74. The predicted molar refractivity (Wildman–Crippen MR) is 119 cm³/mol. The third-order valence-corrected chi connectivity index (χ3v) is 7.33. The van der Waals surface area contributed by atoms with E-state index in [1.807, 2.05) is 31.2 Å². The number of carbonyl (C=O) groups excluding carboxylic acids is 1. The first-order valence-electron chi connectivity index (χ1n) is 10.2. The van der Waals surface area contributed by atoms with Crippen LogP contribution >= 0.6 is 11.6 Å². The highest BCUT2D eigenvalue weighted by Crippen LogP contribution is 2.29. The van der Waals surface area contributed by atoms with Crippen molar-refractivity contribution in [3.8, 4) is 5.75 Å². The first-order chi connectivity index (χ1) is 14.4. The van der Waals surface area contributed by atoms with Gasteiger partial charge in [0.1, 0.15) is 10.6 Å². The molecule has 0 atom stereocenters. The van der Waals surface area contributed by atoms with Crippen LogP contribution in [0.4, 0.5) is 5.69 Å². The minimum atomic E-state index is -3.65. The molecule has 0 radical (unpaired) electrons. The molecule has 1 heterocycles. The van der Waals surface area contributed by atoms with Crippen molar-refractivity contribution in [1.82, 2.24) is 4.31 Å². The van der Waals surface area contributed by atoms with E-state index in [4.69, 9.17) is 16.3 Å². The molecule has 0 unspecified atom stereocenters. The number of halogens is 1. The fourth-order valence-corrected chi connectivity index (χ4v) is 5.37. The summed E-state index contributed by atoms with van der Waals surface area (Å²) in [6.45, 7) is 3.55. The molecule has 1 aliphatic rings. The number of anilines is 1. The molecule has 162 valence electrons. The Morgan fingerprint density at radius 3 is 2.63 bits per heavy atom. The highest BCUT2D eigenvalue weighted by atomic mass is 35.5. The number of unbranched alkanes of at least 4 members (excludes halogenated alkanes) is 1. The van der Waals surface area contributed by atoms with Gasteiger partial charge in [0.25, 0.3) is 0 Å². The SMILES string of the molecule is Cc1cccc(OCCCCC(=O)Nc2ccc(Cl)c(S(=O)(=O)N3CCCC3)c2)c1. The van der Waals surface area contributed by atoms with E-state index >= 15 is 0 Å². The molecule has 0 saturated carbocycles. The zero-order chi connectivity index (χ0) is 21.6. The van der Waals surface area contributed by atoms with Crippen molar-refractivity contribution in [3.05, 3.63) is 53.1 Å². The lowest BCUT2D eigenvalue weighted by Gasteiger charge is -2.17. The zero-order valence-corrected chi connectivity index (χ0v) is 18.6. The molecular weight excluding hydrogens is 424 g/mol. The van der Waals surface area contributed by atoms with E-state index in [-0.39, 0.29) is 15.8 Å². The Balaban J connectivity index is 1.49. The quantitative estimate of drug-likeness (QED) is 0.565. The average molecular weight is 451 g/mol. The summed E-state index contributed by atoms with van der Waals surface area (Å²) in [5.74, 6) is 0.657. The van der Waals surface area contributed by atoms with Crippen LogP contribution in [0.15, 0.2) is 47.4 Å². The van der Waals surface area contributed by atoms with Crippen molar-refractivity contribution in [2.45, 2.75) is 43.9 Å². The summed E-state index contributed by atoms with van der Waals surface area (Å²) >= 11 is 6.14. The van der Waals surface area contributed by atoms with Gasteiger partial charge in [-0.3, -0.25) is 4.79 Å². The smallest absolute Gasteiger partial charge is 0.244 e. The van der Waals surface area contributed by atoms with Crippen LogP contribution in [0.5, 0.6) is 5.75 Å². The molecule has 1 aliphatic heterocycles. The fourth-order valence-electron chi connectivity index (χ4n) is 3.35. The van der Waals surface area contributed by atoms with Crippen LogP contribution in [0.25, 0.3) is 0 Å². The van der Waals surface area contributed by atoms with Crippen LogP contribution in [-0.4, -0.2) is 38.3 Å². The van der Waals surface area contributed by atoms with Crippen LogP contribution < -0.4 is 10.1 Å². The van der Waals surface area contributed by atoms with Crippen molar-refractivity contribution in [2.24, 2.45) is 0 Å². The van der Waals surface area contributed by atoms with Gasteiger partial charge in [0.05, 0.1) is 11.6 Å². The number of benzene rings is 2. The van der Waals surface area contributed by atoms with E-state index in [1.54, 1.807) is 6.07 Å². The minimum Gasteiger partial charge on any atom is -0.494 e. The highest BCUT2D eigenvalue weighted by Gasteiger charge is 2.29. The van der Waals surface area contributed by atoms with Gasteiger partial charge < -0.3 is 10.1 Å². The Morgan fingerprint density at radius 2 is 1.90 bits per heavy atom. The molecule has 0 aliphatic carbocycles. The highest BCUT2D eigenvalue weighted by molar-refractivity contribution is 7.89. The Kier molecular flexibility index (Phi) is 7.75. The number of ether oxygens (including phenoxy) is 1. The van der Waals surface area contributed by atoms with E-state index in [2.05, 4.69) is 5.32 Å². The molecule has 3 rings (SSSR count). The molecule has 8 heteroatoms. The molecule has 30 heavy (non-hydrogen) atoms. The molecule has 1 saturated heterocycles. The Morgan fingerprint density at radius 1 is 1.13 bits per heavy atom. The summed E-state index contributed by atoms with van der Waals surface area (Å²) < 4.78 is 32.7. The number of aryl methyl sites for hydroxylation is 1. The lowest BCUT2D eigenvalue weighted by atomic mass is 10.2. The van der Waals surface area contributed by atoms with Crippen molar-refractivity contribution in [3.63, 3.8) is 0 Å². The molecule has 2 aromatic carbocycles. The minimum absolute atomic E-state index is 0.0374. The molecule has 0 bridgehead atoms. The Bertz CT molecular complexity index is 988.